The lowest BCUT2D eigenvalue weighted by Gasteiger charge is -2.21. The van der Waals surface area contributed by atoms with Gasteiger partial charge in [0.05, 0.1) is 0 Å². The predicted molar refractivity (Wildman–Crippen MR) is 81.3 cm³/mol. The first kappa shape index (κ1) is 18.2. The molecule has 1 aromatic rings. The van der Waals surface area contributed by atoms with Gasteiger partial charge in [0.15, 0.2) is 5.69 Å². The summed E-state index contributed by atoms with van der Waals surface area (Å²) in [4.78, 5) is 7.40. The van der Waals surface area contributed by atoms with Gasteiger partial charge in [0.1, 0.15) is 10.7 Å². The summed E-state index contributed by atoms with van der Waals surface area (Å²) >= 11 is 1.21. The van der Waals surface area contributed by atoms with Crippen molar-refractivity contribution in [1.82, 2.24) is 4.98 Å². The van der Waals surface area contributed by atoms with Gasteiger partial charge in [-0.05, 0) is 30.4 Å². The molecular weight excluding hydrogens is 335 g/mol. The van der Waals surface area contributed by atoms with Crippen molar-refractivity contribution in [2.24, 2.45) is 10.9 Å². The molecule has 0 radical (unpaired) electrons. The third kappa shape index (κ3) is 3.84. The molecule has 0 bridgehead atoms. The van der Waals surface area contributed by atoms with Crippen LogP contribution in [0.15, 0.2) is 4.99 Å². The Bertz CT molecular complexity index is 623. The minimum absolute atomic E-state index is 0.0217. The number of alkyl halides is 5. The van der Waals surface area contributed by atoms with Crippen LogP contribution in [0.2, 0.25) is 0 Å². The molecule has 23 heavy (non-hydrogen) atoms. The van der Waals surface area contributed by atoms with Gasteiger partial charge in [0, 0.05) is 17.9 Å². The maximum absolute atomic E-state index is 13.4. The third-order valence-corrected chi connectivity index (χ3v) is 4.49. The molecule has 0 aromatic carbocycles. The lowest BCUT2D eigenvalue weighted by atomic mass is 9.92. The topological polar surface area (TPSA) is 25.2 Å². The van der Waals surface area contributed by atoms with E-state index >= 15 is 0 Å². The number of hydrogen-bond acceptors (Lipinski definition) is 3. The summed E-state index contributed by atoms with van der Waals surface area (Å²) in [5.74, 6) is 0.608. The van der Waals surface area contributed by atoms with E-state index in [2.05, 4.69) is 9.98 Å². The molecule has 2 nitrogen and oxygen atoms in total. The maximum Gasteiger partial charge on any atom is 0.434 e. The summed E-state index contributed by atoms with van der Waals surface area (Å²) in [5, 5.41) is 0.254. The summed E-state index contributed by atoms with van der Waals surface area (Å²) in [7, 11) is 0. The molecule has 1 aromatic heterocycles. The Hall–Kier alpha value is -1.18. The molecule has 0 amide bonds. The van der Waals surface area contributed by atoms with E-state index in [-0.39, 0.29) is 34.1 Å². The van der Waals surface area contributed by atoms with Gasteiger partial charge in [-0.1, -0.05) is 13.8 Å². The Kier molecular flexibility index (Phi) is 5.33. The van der Waals surface area contributed by atoms with Gasteiger partial charge in [-0.15, -0.1) is 11.8 Å². The number of aliphatic imine (C=N–C) groups is 1. The van der Waals surface area contributed by atoms with Crippen molar-refractivity contribution in [1.29, 1.82) is 0 Å². The lowest BCUT2D eigenvalue weighted by Crippen LogP contribution is -2.21. The van der Waals surface area contributed by atoms with Gasteiger partial charge in [0.2, 0.25) is 0 Å². The highest BCUT2D eigenvalue weighted by atomic mass is 32.2. The average molecular weight is 352 g/mol. The molecule has 1 aliphatic rings. The monoisotopic (exact) mass is 352 g/mol. The minimum atomic E-state index is -4.80. The fraction of sp³-hybridized carbons (Fsp3) is 0.600. The Morgan fingerprint density at radius 1 is 1.22 bits per heavy atom. The lowest BCUT2D eigenvalue weighted by molar-refractivity contribution is -0.141. The molecule has 1 aliphatic heterocycles. The average Bonchev–Trinajstić information content (AvgIpc) is 2.92. The molecule has 8 heteroatoms. The van der Waals surface area contributed by atoms with Crippen LogP contribution in [0, 0.1) is 12.8 Å². The fourth-order valence-electron chi connectivity index (χ4n) is 2.54. The van der Waals surface area contributed by atoms with Crippen LogP contribution in [0.5, 0.6) is 0 Å². The normalized spacial score (nSPS) is 15.7. The smallest absolute Gasteiger partial charge is 0.277 e. The zero-order valence-corrected chi connectivity index (χ0v) is 13.8. The second kappa shape index (κ2) is 6.75. The standard InChI is InChI=1S/C15H17F5N2S/c1-7(2)6-9-8(3)11(13(16)17)22-12(15(18,19)20)10(9)14-21-4-5-23-14/h7,13H,4-6H2,1-3H3. The molecule has 128 valence electrons. The quantitative estimate of drug-likeness (QED) is 0.710. The molecule has 0 aliphatic carbocycles. The van der Waals surface area contributed by atoms with E-state index in [1.807, 2.05) is 13.8 Å². The summed E-state index contributed by atoms with van der Waals surface area (Å²) < 4.78 is 66.6. The number of pyridine rings is 1. The van der Waals surface area contributed by atoms with Crippen LogP contribution in [0.4, 0.5) is 22.0 Å². The second-order valence-electron chi connectivity index (χ2n) is 5.76. The van der Waals surface area contributed by atoms with Crippen LogP contribution in [0.1, 0.15) is 48.4 Å². The molecular formula is C15H17F5N2S. The molecule has 2 rings (SSSR count). The first-order chi connectivity index (χ1) is 10.6. The van der Waals surface area contributed by atoms with Gasteiger partial charge in [0.25, 0.3) is 6.43 Å². The first-order valence-corrected chi connectivity index (χ1v) is 8.17. The summed E-state index contributed by atoms with van der Waals surface area (Å²) in [6, 6.07) is 0. The summed E-state index contributed by atoms with van der Waals surface area (Å²) in [6.45, 7) is 5.51. The van der Waals surface area contributed by atoms with Gasteiger partial charge in [-0.3, -0.25) is 4.99 Å². The van der Waals surface area contributed by atoms with Crippen molar-refractivity contribution in [3.8, 4) is 0 Å². The van der Waals surface area contributed by atoms with Crippen molar-refractivity contribution in [3.63, 3.8) is 0 Å². The Labute approximate surface area is 135 Å². The van der Waals surface area contributed by atoms with Gasteiger partial charge in [-0.2, -0.15) is 13.2 Å². The van der Waals surface area contributed by atoms with Crippen molar-refractivity contribution in [2.45, 2.75) is 39.8 Å². The van der Waals surface area contributed by atoms with Crippen LogP contribution in [0.25, 0.3) is 0 Å². The zero-order valence-electron chi connectivity index (χ0n) is 13.0. The van der Waals surface area contributed by atoms with Crippen LogP contribution in [0.3, 0.4) is 0 Å². The fourth-order valence-corrected chi connectivity index (χ4v) is 3.47. The van der Waals surface area contributed by atoms with Gasteiger partial charge in [-0.25, -0.2) is 13.8 Å². The third-order valence-electron chi connectivity index (χ3n) is 3.49. The van der Waals surface area contributed by atoms with Crippen molar-refractivity contribution < 1.29 is 22.0 Å². The molecule has 0 atom stereocenters. The van der Waals surface area contributed by atoms with E-state index in [0.29, 0.717) is 12.3 Å². The van der Waals surface area contributed by atoms with Crippen molar-refractivity contribution >= 4 is 16.8 Å². The van der Waals surface area contributed by atoms with Crippen LogP contribution < -0.4 is 0 Å². The Morgan fingerprint density at radius 3 is 2.30 bits per heavy atom. The minimum Gasteiger partial charge on any atom is -0.277 e. The molecule has 0 fully saturated rings. The Morgan fingerprint density at radius 2 is 1.87 bits per heavy atom. The van der Waals surface area contributed by atoms with E-state index in [9.17, 15) is 22.0 Å². The van der Waals surface area contributed by atoms with Crippen LogP contribution in [-0.4, -0.2) is 22.3 Å². The molecule has 0 spiro atoms. The first-order valence-electron chi connectivity index (χ1n) is 7.19. The zero-order chi connectivity index (χ0) is 17.4. The van der Waals surface area contributed by atoms with Gasteiger partial charge < -0.3 is 0 Å². The molecule has 0 saturated heterocycles. The van der Waals surface area contributed by atoms with Gasteiger partial charge >= 0.3 is 6.18 Å². The molecule has 0 saturated carbocycles. The number of thioether (sulfide) groups is 1. The molecule has 2 heterocycles. The van der Waals surface area contributed by atoms with E-state index in [4.69, 9.17) is 0 Å². The van der Waals surface area contributed by atoms with Crippen LogP contribution >= 0.6 is 11.8 Å². The number of rotatable bonds is 4. The van der Waals surface area contributed by atoms with E-state index in [0.717, 1.165) is 0 Å². The van der Waals surface area contributed by atoms with Crippen molar-refractivity contribution in [3.05, 3.63) is 28.1 Å². The highest BCUT2D eigenvalue weighted by molar-refractivity contribution is 8.14. The number of halogens is 5. The second-order valence-corrected chi connectivity index (χ2v) is 6.84. The SMILES string of the molecule is Cc1c(C(F)F)nc(C(F)(F)F)c(C2=NCCS2)c1CC(C)C. The summed E-state index contributed by atoms with van der Waals surface area (Å²) in [5.41, 5.74) is -1.74. The highest BCUT2D eigenvalue weighted by Crippen LogP contribution is 2.39. The number of aromatic nitrogens is 1. The van der Waals surface area contributed by atoms with E-state index < -0.39 is 24.0 Å². The largest absolute Gasteiger partial charge is 0.434 e. The molecule has 0 unspecified atom stereocenters. The van der Waals surface area contributed by atoms with E-state index in [1.165, 1.54) is 18.7 Å². The Balaban J connectivity index is 2.80. The predicted octanol–water partition coefficient (Wildman–Crippen LogP) is 5.04. The van der Waals surface area contributed by atoms with E-state index in [1.54, 1.807) is 0 Å². The number of hydrogen-bond donors (Lipinski definition) is 0. The highest BCUT2D eigenvalue weighted by Gasteiger charge is 2.40. The van der Waals surface area contributed by atoms with Crippen molar-refractivity contribution in [2.75, 3.05) is 12.3 Å². The van der Waals surface area contributed by atoms with Crippen LogP contribution in [-0.2, 0) is 12.6 Å². The molecule has 0 N–H and O–H groups in total. The summed E-state index contributed by atoms with van der Waals surface area (Å²) in [6.07, 6.45) is -7.58. The number of nitrogens with zero attached hydrogens (tertiary/aromatic N) is 2. The maximum atomic E-state index is 13.4.